The zero-order valence-electron chi connectivity index (χ0n) is 28.7. The first-order valence-electron chi connectivity index (χ1n) is 17.5. The summed E-state index contributed by atoms with van der Waals surface area (Å²) in [5, 5.41) is 0. The van der Waals surface area contributed by atoms with Crippen molar-refractivity contribution in [1.82, 2.24) is 0 Å². The average Bonchev–Trinajstić information content (AvgIpc) is 3.02. The van der Waals surface area contributed by atoms with Gasteiger partial charge in [0.25, 0.3) is 0 Å². The third kappa shape index (κ3) is 11.7. The van der Waals surface area contributed by atoms with E-state index in [0.29, 0.717) is 17.1 Å². The Bertz CT molecular complexity index is 1030. The molecule has 0 N–H and O–H groups in total. The summed E-state index contributed by atoms with van der Waals surface area (Å²) in [6, 6.07) is 9.59. The third-order valence-corrected chi connectivity index (χ3v) is 13.3. The molecule has 2 aliphatic rings. The first-order chi connectivity index (χ1) is 21.0. The predicted molar refractivity (Wildman–Crippen MR) is 188 cm³/mol. The van der Waals surface area contributed by atoms with Crippen molar-refractivity contribution in [2.45, 2.75) is 121 Å². The Morgan fingerprint density at radius 3 is 1.82 bits per heavy atom. The highest BCUT2D eigenvalue weighted by molar-refractivity contribution is 8.32. The van der Waals surface area contributed by atoms with Crippen LogP contribution in [-0.4, -0.2) is 43.4 Å². The largest absolute Gasteiger partial charge is 0.462 e. The molecule has 0 heterocycles. The summed E-state index contributed by atoms with van der Waals surface area (Å²) in [5.74, 6) is 3.91. The van der Waals surface area contributed by atoms with Crippen LogP contribution in [0.1, 0.15) is 122 Å². The zero-order chi connectivity index (χ0) is 32.1. The van der Waals surface area contributed by atoms with Crippen molar-refractivity contribution in [1.29, 1.82) is 0 Å². The number of benzene rings is 1. The SMILES string of the molecule is C=C(C)C(=O)OCC(CCCS(C)(C)c1ccc(C2CCC(C3CCC(CCCCC)CC3)CC2)cc1)COC(=O)C(=C)C. The van der Waals surface area contributed by atoms with Crippen LogP contribution >= 0.6 is 10.0 Å². The van der Waals surface area contributed by atoms with Gasteiger partial charge in [-0.3, -0.25) is 0 Å². The molecule has 2 fully saturated rings. The molecule has 0 spiro atoms. The van der Waals surface area contributed by atoms with Gasteiger partial charge >= 0.3 is 11.9 Å². The molecule has 44 heavy (non-hydrogen) atoms. The van der Waals surface area contributed by atoms with Crippen LogP contribution < -0.4 is 0 Å². The fourth-order valence-electron chi connectivity index (χ4n) is 7.36. The van der Waals surface area contributed by atoms with Crippen LogP contribution in [0.25, 0.3) is 0 Å². The molecule has 1 aromatic rings. The van der Waals surface area contributed by atoms with Crippen LogP contribution in [0.5, 0.6) is 0 Å². The maximum Gasteiger partial charge on any atom is 0.333 e. The van der Waals surface area contributed by atoms with Gasteiger partial charge in [-0.05, 0) is 130 Å². The monoisotopic (exact) mass is 626 g/mol. The number of unbranched alkanes of at least 4 members (excludes halogenated alkanes) is 2. The lowest BCUT2D eigenvalue weighted by molar-refractivity contribution is -0.144. The van der Waals surface area contributed by atoms with E-state index >= 15 is 0 Å². The van der Waals surface area contributed by atoms with Gasteiger partial charge in [0.2, 0.25) is 0 Å². The maximum absolute atomic E-state index is 12.0. The standard InChI is InChI=1S/C39H62O4S/c1-8-9-10-12-31-14-16-33(17-15-31)34-18-20-35(21-19-34)36-22-24-37(25-23-36)44(6,7)26-11-13-32(27-42-38(40)29(2)3)28-43-39(41)30(4)5/h22-25,31-35H,2,4,8-21,26-28H2,1,3,5-7H3. The first-order valence-corrected chi connectivity index (χ1v) is 20.1. The second kappa shape index (κ2) is 18.2. The molecular formula is C39H62O4S. The minimum Gasteiger partial charge on any atom is -0.462 e. The van der Waals surface area contributed by atoms with Crippen LogP contribution in [0.4, 0.5) is 0 Å². The van der Waals surface area contributed by atoms with E-state index < -0.39 is 22.0 Å². The molecule has 2 aliphatic carbocycles. The third-order valence-electron chi connectivity index (χ3n) is 10.4. The van der Waals surface area contributed by atoms with Gasteiger partial charge in [-0.15, -0.1) is 0 Å². The molecular weight excluding hydrogens is 564 g/mol. The molecule has 5 heteroatoms. The van der Waals surface area contributed by atoms with Crippen LogP contribution in [0, 0.1) is 23.7 Å². The van der Waals surface area contributed by atoms with Gasteiger partial charge in [0.05, 0.1) is 13.2 Å². The lowest BCUT2D eigenvalue weighted by Gasteiger charge is -2.38. The van der Waals surface area contributed by atoms with E-state index in [-0.39, 0.29) is 19.1 Å². The smallest absolute Gasteiger partial charge is 0.333 e. The number of esters is 2. The molecule has 0 aromatic heterocycles. The van der Waals surface area contributed by atoms with Crippen molar-refractivity contribution in [3.63, 3.8) is 0 Å². The lowest BCUT2D eigenvalue weighted by atomic mass is 9.68. The van der Waals surface area contributed by atoms with E-state index in [1.54, 1.807) is 13.8 Å². The Morgan fingerprint density at radius 1 is 0.795 bits per heavy atom. The van der Waals surface area contributed by atoms with Gasteiger partial charge in [-0.25, -0.2) is 19.6 Å². The first kappa shape index (κ1) is 36.5. The molecule has 0 unspecified atom stereocenters. The van der Waals surface area contributed by atoms with Gasteiger partial charge in [0.1, 0.15) is 0 Å². The number of rotatable bonds is 17. The van der Waals surface area contributed by atoms with Gasteiger partial charge in [0, 0.05) is 17.1 Å². The minimum atomic E-state index is -0.972. The molecule has 0 saturated heterocycles. The van der Waals surface area contributed by atoms with Crippen LogP contribution in [0.15, 0.2) is 53.5 Å². The van der Waals surface area contributed by atoms with Crippen molar-refractivity contribution in [3.8, 4) is 0 Å². The minimum absolute atomic E-state index is 0.0462. The van der Waals surface area contributed by atoms with Crippen molar-refractivity contribution in [2.24, 2.45) is 23.7 Å². The Morgan fingerprint density at radius 2 is 1.32 bits per heavy atom. The van der Waals surface area contributed by atoms with Crippen molar-refractivity contribution >= 4 is 22.0 Å². The lowest BCUT2D eigenvalue weighted by Crippen LogP contribution is -2.25. The summed E-state index contributed by atoms with van der Waals surface area (Å²) < 4.78 is 10.8. The molecule has 0 bridgehead atoms. The van der Waals surface area contributed by atoms with Crippen LogP contribution in [-0.2, 0) is 19.1 Å². The normalized spacial score (nSPS) is 22.8. The van der Waals surface area contributed by atoms with E-state index in [2.05, 4.69) is 56.9 Å². The molecule has 0 radical (unpaired) electrons. The van der Waals surface area contributed by atoms with Gasteiger partial charge in [-0.1, -0.05) is 70.7 Å². The van der Waals surface area contributed by atoms with E-state index in [1.165, 1.54) is 87.5 Å². The Labute approximate surface area is 271 Å². The van der Waals surface area contributed by atoms with Gasteiger partial charge in [-0.2, -0.15) is 0 Å². The second-order valence-corrected chi connectivity index (χ2v) is 18.4. The van der Waals surface area contributed by atoms with Crippen LogP contribution in [0.2, 0.25) is 0 Å². The number of ether oxygens (including phenoxy) is 2. The summed E-state index contributed by atoms with van der Waals surface area (Å²) in [6.07, 6.45) is 23.7. The Kier molecular flexibility index (Phi) is 15.1. The summed E-state index contributed by atoms with van der Waals surface area (Å²) in [4.78, 5) is 25.3. The quantitative estimate of drug-likeness (QED) is 0.0981. The highest BCUT2D eigenvalue weighted by atomic mass is 32.3. The van der Waals surface area contributed by atoms with E-state index in [0.717, 1.165) is 36.3 Å². The molecule has 3 rings (SSSR count). The number of hydrogen-bond acceptors (Lipinski definition) is 4. The molecule has 0 atom stereocenters. The second-order valence-electron chi connectivity index (χ2n) is 14.5. The van der Waals surface area contributed by atoms with Gasteiger partial charge in [0.15, 0.2) is 0 Å². The Balaban J connectivity index is 1.45. The molecule has 248 valence electrons. The number of hydrogen-bond donors (Lipinski definition) is 0. The molecule has 4 nitrogen and oxygen atoms in total. The highest BCUT2D eigenvalue weighted by Gasteiger charge is 2.31. The fraction of sp³-hybridized carbons (Fsp3) is 0.692. The summed E-state index contributed by atoms with van der Waals surface area (Å²) in [6.45, 7) is 13.4. The zero-order valence-corrected chi connectivity index (χ0v) is 29.5. The van der Waals surface area contributed by atoms with E-state index in [1.807, 2.05) is 0 Å². The summed E-state index contributed by atoms with van der Waals surface area (Å²) in [5.41, 5.74) is 2.28. The highest BCUT2D eigenvalue weighted by Crippen LogP contribution is 2.51. The fourth-order valence-corrected chi connectivity index (χ4v) is 9.36. The van der Waals surface area contributed by atoms with Crippen molar-refractivity contribution in [3.05, 3.63) is 54.1 Å². The summed E-state index contributed by atoms with van der Waals surface area (Å²) in [7, 11) is -0.972. The molecule has 0 aliphatic heterocycles. The summed E-state index contributed by atoms with van der Waals surface area (Å²) >= 11 is 0. The number of carbonyl (C=O) groups excluding carboxylic acids is 2. The van der Waals surface area contributed by atoms with Crippen molar-refractivity contribution in [2.75, 3.05) is 31.5 Å². The van der Waals surface area contributed by atoms with E-state index in [9.17, 15) is 9.59 Å². The van der Waals surface area contributed by atoms with Gasteiger partial charge < -0.3 is 9.47 Å². The Hall–Kier alpha value is -2.01. The van der Waals surface area contributed by atoms with Crippen molar-refractivity contribution < 1.29 is 19.1 Å². The van der Waals surface area contributed by atoms with Crippen LogP contribution in [0.3, 0.4) is 0 Å². The topological polar surface area (TPSA) is 52.6 Å². The predicted octanol–water partition coefficient (Wildman–Crippen LogP) is 10.4. The molecule has 1 aromatic carbocycles. The maximum atomic E-state index is 12.0. The van der Waals surface area contributed by atoms with E-state index in [4.69, 9.17) is 9.47 Å². The molecule has 0 amide bonds. The average molecular weight is 627 g/mol. The molecule has 2 saturated carbocycles. The number of carbonyl (C=O) groups is 2.